The topological polar surface area (TPSA) is 95.6 Å². The molecule has 36 heavy (non-hydrogen) atoms. The van der Waals surface area contributed by atoms with Crippen LogP contribution in [0.15, 0.2) is 77.7 Å². The molecule has 2 amide bonds. The number of carbonyl (C=O) groups is 2. The van der Waals surface area contributed by atoms with Crippen LogP contribution in [0.3, 0.4) is 0 Å². The van der Waals surface area contributed by atoms with E-state index in [0.717, 1.165) is 21.9 Å². The summed E-state index contributed by atoms with van der Waals surface area (Å²) in [7, 11) is -4.04. The van der Waals surface area contributed by atoms with E-state index in [1.807, 2.05) is 26.0 Å². The molecule has 0 fully saturated rings. The highest BCUT2D eigenvalue weighted by Gasteiger charge is 2.28. The number of amides is 2. The quantitative estimate of drug-likeness (QED) is 0.399. The van der Waals surface area contributed by atoms with E-state index in [0.29, 0.717) is 23.5 Å². The lowest BCUT2D eigenvalue weighted by atomic mass is 10.0. The van der Waals surface area contributed by atoms with Gasteiger partial charge in [0.2, 0.25) is 5.91 Å². The molecule has 3 aromatic carbocycles. The Morgan fingerprint density at radius 1 is 0.917 bits per heavy atom. The molecule has 0 bridgehead atoms. The summed E-state index contributed by atoms with van der Waals surface area (Å²) in [4.78, 5) is 25.8. The van der Waals surface area contributed by atoms with Crippen LogP contribution in [-0.4, -0.2) is 33.3 Å². The van der Waals surface area contributed by atoms with E-state index in [1.165, 1.54) is 12.1 Å². The molecule has 0 heterocycles. The van der Waals surface area contributed by atoms with Gasteiger partial charge in [0.1, 0.15) is 6.54 Å². The van der Waals surface area contributed by atoms with Gasteiger partial charge >= 0.3 is 0 Å². The summed E-state index contributed by atoms with van der Waals surface area (Å²) < 4.78 is 28.3. The number of nitrogens with zero attached hydrogens (tertiary/aromatic N) is 1. The van der Waals surface area contributed by atoms with Gasteiger partial charge in [-0.25, -0.2) is 8.42 Å². The standard InChI is InChI=1S/C28H33N3O4S/c1-5-18-29-28(33)25-8-6-7-9-26(25)30-27(32)19-31(23-14-12-22(13-15-23)20(2)3)36(34,35)24-16-10-21(4)11-17-24/h6-17,20H,5,18-19H2,1-4H3,(H,29,33)(H,30,32). The first-order valence-corrected chi connectivity index (χ1v) is 13.4. The van der Waals surface area contributed by atoms with Gasteiger partial charge in [-0.05, 0) is 61.2 Å². The molecule has 0 unspecified atom stereocenters. The largest absolute Gasteiger partial charge is 0.352 e. The van der Waals surface area contributed by atoms with Crippen LogP contribution < -0.4 is 14.9 Å². The fourth-order valence-corrected chi connectivity index (χ4v) is 5.04. The van der Waals surface area contributed by atoms with Gasteiger partial charge in [0, 0.05) is 6.54 Å². The fourth-order valence-electron chi connectivity index (χ4n) is 3.62. The summed E-state index contributed by atoms with van der Waals surface area (Å²) in [5.41, 5.74) is 3.00. The van der Waals surface area contributed by atoms with Crippen LogP contribution in [0.1, 0.15) is 54.6 Å². The Labute approximate surface area is 213 Å². The number of hydrogen-bond acceptors (Lipinski definition) is 4. The van der Waals surface area contributed by atoms with Crippen LogP contribution in [0.2, 0.25) is 0 Å². The zero-order valence-electron chi connectivity index (χ0n) is 21.1. The number of carbonyl (C=O) groups excluding carboxylic acids is 2. The molecular formula is C28H33N3O4S. The normalized spacial score (nSPS) is 11.2. The maximum absolute atomic E-state index is 13.6. The second-order valence-corrected chi connectivity index (χ2v) is 10.8. The molecule has 190 valence electrons. The smallest absolute Gasteiger partial charge is 0.264 e. The third-order valence-electron chi connectivity index (χ3n) is 5.73. The highest BCUT2D eigenvalue weighted by atomic mass is 32.2. The highest BCUT2D eigenvalue weighted by Crippen LogP contribution is 2.26. The van der Waals surface area contributed by atoms with Gasteiger partial charge in [0.15, 0.2) is 0 Å². The number of rotatable bonds is 10. The van der Waals surface area contributed by atoms with Crippen molar-refractivity contribution in [3.8, 4) is 0 Å². The molecule has 0 spiro atoms. The molecule has 0 aromatic heterocycles. The molecule has 0 aliphatic carbocycles. The van der Waals surface area contributed by atoms with Crippen LogP contribution in [-0.2, 0) is 14.8 Å². The zero-order chi connectivity index (χ0) is 26.3. The zero-order valence-corrected chi connectivity index (χ0v) is 21.9. The summed E-state index contributed by atoms with van der Waals surface area (Å²) in [5.74, 6) is -0.588. The van der Waals surface area contributed by atoms with Gasteiger partial charge in [0.25, 0.3) is 15.9 Å². The second kappa shape index (κ2) is 11.9. The average molecular weight is 508 g/mol. The first kappa shape index (κ1) is 26.9. The second-order valence-electron chi connectivity index (χ2n) is 8.92. The van der Waals surface area contributed by atoms with Crippen molar-refractivity contribution in [2.75, 3.05) is 22.7 Å². The lowest BCUT2D eigenvalue weighted by Crippen LogP contribution is -2.38. The Morgan fingerprint density at radius 2 is 1.56 bits per heavy atom. The van der Waals surface area contributed by atoms with Gasteiger partial charge in [-0.1, -0.05) is 62.7 Å². The summed E-state index contributed by atoms with van der Waals surface area (Å²) in [5, 5.41) is 5.52. The Hall–Kier alpha value is -3.65. The summed E-state index contributed by atoms with van der Waals surface area (Å²) in [6.45, 7) is 7.98. The van der Waals surface area contributed by atoms with Crippen molar-refractivity contribution in [3.63, 3.8) is 0 Å². The van der Waals surface area contributed by atoms with Crippen LogP contribution in [0.5, 0.6) is 0 Å². The number of anilines is 2. The summed E-state index contributed by atoms with van der Waals surface area (Å²) in [6, 6.07) is 20.3. The number of hydrogen-bond donors (Lipinski definition) is 2. The number of nitrogens with one attached hydrogen (secondary N) is 2. The van der Waals surface area contributed by atoms with E-state index in [-0.39, 0.29) is 16.7 Å². The number of para-hydroxylation sites is 1. The van der Waals surface area contributed by atoms with E-state index in [1.54, 1.807) is 48.5 Å². The van der Waals surface area contributed by atoms with Gasteiger partial charge in [-0.15, -0.1) is 0 Å². The van der Waals surface area contributed by atoms with Crippen molar-refractivity contribution < 1.29 is 18.0 Å². The number of sulfonamides is 1. The number of benzene rings is 3. The van der Waals surface area contributed by atoms with Crippen LogP contribution in [0.4, 0.5) is 11.4 Å². The Morgan fingerprint density at radius 3 is 2.17 bits per heavy atom. The Balaban J connectivity index is 1.93. The SMILES string of the molecule is CCCNC(=O)c1ccccc1NC(=O)CN(c1ccc(C(C)C)cc1)S(=O)(=O)c1ccc(C)cc1. The average Bonchev–Trinajstić information content (AvgIpc) is 2.86. The molecule has 3 rings (SSSR count). The lowest BCUT2D eigenvalue weighted by molar-refractivity contribution is -0.114. The van der Waals surface area contributed by atoms with Crippen LogP contribution in [0, 0.1) is 6.92 Å². The predicted molar refractivity (Wildman–Crippen MR) is 144 cm³/mol. The lowest BCUT2D eigenvalue weighted by Gasteiger charge is -2.25. The molecule has 3 aromatic rings. The minimum atomic E-state index is -4.04. The third-order valence-corrected chi connectivity index (χ3v) is 7.51. The van der Waals surface area contributed by atoms with E-state index in [4.69, 9.17) is 0 Å². The van der Waals surface area contributed by atoms with Gasteiger partial charge in [-0.3, -0.25) is 13.9 Å². The van der Waals surface area contributed by atoms with Crippen molar-refractivity contribution in [2.45, 2.75) is 44.9 Å². The first-order valence-electron chi connectivity index (χ1n) is 12.0. The fraction of sp³-hybridized carbons (Fsp3) is 0.286. The monoisotopic (exact) mass is 507 g/mol. The molecule has 0 aliphatic rings. The molecule has 7 nitrogen and oxygen atoms in total. The molecule has 2 N–H and O–H groups in total. The van der Waals surface area contributed by atoms with Crippen molar-refractivity contribution in [2.24, 2.45) is 0 Å². The molecule has 0 atom stereocenters. The van der Waals surface area contributed by atoms with Crippen molar-refractivity contribution in [1.82, 2.24) is 5.32 Å². The summed E-state index contributed by atoms with van der Waals surface area (Å²) in [6.07, 6.45) is 0.779. The first-order chi connectivity index (χ1) is 17.1. The van der Waals surface area contributed by atoms with Gasteiger partial charge in [0.05, 0.1) is 21.8 Å². The predicted octanol–water partition coefficient (Wildman–Crippen LogP) is 5.09. The maximum Gasteiger partial charge on any atom is 0.264 e. The van der Waals surface area contributed by atoms with Gasteiger partial charge < -0.3 is 10.6 Å². The Kier molecular flexibility index (Phi) is 8.88. The molecular weight excluding hydrogens is 474 g/mol. The van der Waals surface area contributed by atoms with Gasteiger partial charge in [-0.2, -0.15) is 0 Å². The van der Waals surface area contributed by atoms with Crippen LogP contribution in [0.25, 0.3) is 0 Å². The van der Waals surface area contributed by atoms with Crippen molar-refractivity contribution in [1.29, 1.82) is 0 Å². The number of aryl methyl sites for hydroxylation is 1. The molecule has 8 heteroatoms. The van der Waals surface area contributed by atoms with E-state index in [9.17, 15) is 18.0 Å². The molecule has 0 aliphatic heterocycles. The summed E-state index contributed by atoms with van der Waals surface area (Å²) >= 11 is 0. The van der Waals surface area contributed by atoms with E-state index in [2.05, 4.69) is 24.5 Å². The van der Waals surface area contributed by atoms with Crippen molar-refractivity contribution in [3.05, 3.63) is 89.5 Å². The third kappa shape index (κ3) is 6.51. The van der Waals surface area contributed by atoms with Crippen molar-refractivity contribution >= 4 is 33.2 Å². The van der Waals surface area contributed by atoms with Crippen LogP contribution >= 0.6 is 0 Å². The molecule has 0 saturated heterocycles. The molecule has 0 saturated carbocycles. The van der Waals surface area contributed by atoms with E-state index < -0.39 is 22.5 Å². The minimum absolute atomic E-state index is 0.0909. The molecule has 0 radical (unpaired) electrons. The highest BCUT2D eigenvalue weighted by molar-refractivity contribution is 7.92. The minimum Gasteiger partial charge on any atom is -0.352 e. The maximum atomic E-state index is 13.6. The van der Waals surface area contributed by atoms with E-state index >= 15 is 0 Å². The Bertz CT molecular complexity index is 1300.